The highest BCUT2D eigenvalue weighted by molar-refractivity contribution is 5.70. The molecule has 1 aromatic carbocycles. The first-order chi connectivity index (χ1) is 11.5. The van der Waals surface area contributed by atoms with E-state index in [0.29, 0.717) is 24.6 Å². The van der Waals surface area contributed by atoms with Crippen molar-refractivity contribution in [3.8, 4) is 16.9 Å². The summed E-state index contributed by atoms with van der Waals surface area (Å²) in [5, 5.41) is 11.2. The molecule has 1 aliphatic rings. The van der Waals surface area contributed by atoms with Crippen molar-refractivity contribution in [2.75, 3.05) is 18.9 Å². The molecule has 1 aromatic heterocycles. The number of nitrogens with one attached hydrogen (secondary N) is 1. The Morgan fingerprint density at radius 3 is 2.88 bits per heavy atom. The number of nitrogen functional groups attached to an aromatic ring is 1. The molecule has 0 saturated heterocycles. The Balaban J connectivity index is 1.71. The van der Waals surface area contributed by atoms with Crippen LogP contribution in [0, 0.1) is 12.3 Å². The van der Waals surface area contributed by atoms with Crippen molar-refractivity contribution in [3.05, 3.63) is 42.2 Å². The molecule has 0 atom stereocenters. The monoisotopic (exact) mass is 327 g/mol. The average Bonchev–Trinajstić information content (AvgIpc) is 3.33. The number of aromatic nitrogens is 1. The predicted molar refractivity (Wildman–Crippen MR) is 92.0 cm³/mol. The van der Waals surface area contributed by atoms with Gasteiger partial charge in [0.15, 0.2) is 0 Å². The SMILES string of the molecule is Cc1ncc(OCC2(CNC(=O)O)CC2)cc1-c1cccc(N)c1. The summed E-state index contributed by atoms with van der Waals surface area (Å²) in [5.74, 6) is 0.680. The number of benzene rings is 1. The van der Waals surface area contributed by atoms with Gasteiger partial charge in [0.1, 0.15) is 5.75 Å². The number of aryl methyl sites for hydroxylation is 1. The molecule has 0 aliphatic heterocycles. The summed E-state index contributed by atoms with van der Waals surface area (Å²) in [5.41, 5.74) is 9.36. The maximum atomic E-state index is 10.6. The van der Waals surface area contributed by atoms with Gasteiger partial charge in [-0.15, -0.1) is 0 Å². The van der Waals surface area contributed by atoms with Crippen LogP contribution in [-0.2, 0) is 0 Å². The van der Waals surface area contributed by atoms with Crippen molar-refractivity contribution in [1.29, 1.82) is 0 Å². The smallest absolute Gasteiger partial charge is 0.404 e. The van der Waals surface area contributed by atoms with Crippen molar-refractivity contribution in [3.63, 3.8) is 0 Å². The molecule has 6 nitrogen and oxygen atoms in total. The molecule has 2 aromatic rings. The summed E-state index contributed by atoms with van der Waals surface area (Å²) in [6.45, 7) is 2.85. The Bertz CT molecular complexity index is 757. The lowest BCUT2D eigenvalue weighted by Crippen LogP contribution is -2.31. The minimum Gasteiger partial charge on any atom is -0.491 e. The first-order valence-corrected chi connectivity index (χ1v) is 7.90. The highest BCUT2D eigenvalue weighted by atomic mass is 16.5. The van der Waals surface area contributed by atoms with Crippen molar-refractivity contribution in [2.24, 2.45) is 5.41 Å². The fourth-order valence-electron chi connectivity index (χ4n) is 2.64. The van der Waals surface area contributed by atoms with E-state index in [0.717, 1.165) is 29.7 Å². The number of hydrogen-bond donors (Lipinski definition) is 3. The molecule has 0 bridgehead atoms. The van der Waals surface area contributed by atoms with Crippen LogP contribution in [0.5, 0.6) is 5.75 Å². The minimum absolute atomic E-state index is 0.0827. The van der Waals surface area contributed by atoms with Crippen molar-refractivity contribution >= 4 is 11.8 Å². The van der Waals surface area contributed by atoms with Crippen LogP contribution in [0.15, 0.2) is 36.5 Å². The zero-order valence-corrected chi connectivity index (χ0v) is 13.6. The van der Waals surface area contributed by atoms with Crippen molar-refractivity contribution < 1.29 is 14.6 Å². The van der Waals surface area contributed by atoms with Crippen LogP contribution < -0.4 is 15.8 Å². The number of nitrogens with two attached hydrogens (primary N) is 1. The molecule has 1 fully saturated rings. The molecule has 1 heterocycles. The molecule has 126 valence electrons. The number of carboxylic acid groups (broad SMARTS) is 1. The standard InChI is InChI=1S/C18H21N3O3/c1-12-16(13-3-2-4-14(19)7-13)8-15(9-20-12)24-11-18(5-6-18)10-21-17(22)23/h2-4,7-9,21H,5-6,10-11,19H2,1H3,(H,22,23). The van der Waals surface area contributed by atoms with Gasteiger partial charge in [-0.1, -0.05) is 12.1 Å². The Labute approximate surface area is 140 Å². The molecule has 6 heteroatoms. The van der Waals surface area contributed by atoms with Crippen LogP contribution in [0.1, 0.15) is 18.5 Å². The molecule has 24 heavy (non-hydrogen) atoms. The minimum atomic E-state index is -0.998. The quantitative estimate of drug-likeness (QED) is 0.708. The molecule has 0 spiro atoms. The van der Waals surface area contributed by atoms with E-state index in [1.54, 1.807) is 6.20 Å². The summed E-state index contributed by atoms with van der Waals surface area (Å²) >= 11 is 0. The Kier molecular flexibility index (Phi) is 4.29. The van der Waals surface area contributed by atoms with Gasteiger partial charge in [-0.2, -0.15) is 0 Å². The van der Waals surface area contributed by atoms with E-state index in [1.165, 1.54) is 0 Å². The van der Waals surface area contributed by atoms with Gasteiger partial charge < -0.3 is 20.9 Å². The van der Waals surface area contributed by atoms with Crippen molar-refractivity contribution in [2.45, 2.75) is 19.8 Å². The average molecular weight is 327 g/mol. The lowest BCUT2D eigenvalue weighted by molar-refractivity contribution is 0.184. The number of anilines is 1. The van der Waals surface area contributed by atoms with Crippen LogP contribution in [0.2, 0.25) is 0 Å². The van der Waals surface area contributed by atoms with E-state index >= 15 is 0 Å². The van der Waals surface area contributed by atoms with E-state index in [1.807, 2.05) is 37.3 Å². The van der Waals surface area contributed by atoms with E-state index < -0.39 is 6.09 Å². The number of nitrogens with zero attached hydrogens (tertiary/aromatic N) is 1. The van der Waals surface area contributed by atoms with E-state index in [9.17, 15) is 4.79 Å². The number of hydrogen-bond acceptors (Lipinski definition) is 4. The van der Waals surface area contributed by atoms with Crippen LogP contribution in [0.3, 0.4) is 0 Å². The number of carbonyl (C=O) groups is 1. The molecular formula is C18H21N3O3. The molecule has 1 amide bonds. The van der Waals surface area contributed by atoms with Crippen molar-refractivity contribution in [1.82, 2.24) is 10.3 Å². The van der Waals surface area contributed by atoms with E-state index in [2.05, 4.69) is 10.3 Å². The van der Waals surface area contributed by atoms with Gasteiger partial charge in [0.2, 0.25) is 0 Å². The molecule has 3 rings (SSSR count). The largest absolute Gasteiger partial charge is 0.491 e. The molecule has 1 saturated carbocycles. The highest BCUT2D eigenvalue weighted by Gasteiger charge is 2.43. The molecule has 0 radical (unpaired) electrons. The lowest BCUT2D eigenvalue weighted by Gasteiger charge is -2.17. The maximum Gasteiger partial charge on any atom is 0.404 e. The summed E-state index contributed by atoms with van der Waals surface area (Å²) in [6.07, 6.45) is 2.64. The summed E-state index contributed by atoms with van der Waals surface area (Å²) in [4.78, 5) is 15.0. The summed E-state index contributed by atoms with van der Waals surface area (Å²) < 4.78 is 5.89. The lowest BCUT2D eigenvalue weighted by atomic mass is 10.0. The second-order valence-corrected chi connectivity index (χ2v) is 6.38. The number of rotatable bonds is 6. The van der Waals surface area contributed by atoms with Crippen LogP contribution >= 0.6 is 0 Å². The molecule has 1 aliphatic carbocycles. The number of amides is 1. The Morgan fingerprint density at radius 2 is 2.21 bits per heavy atom. The van der Waals surface area contributed by atoms with Gasteiger partial charge in [0, 0.05) is 28.9 Å². The van der Waals surface area contributed by atoms with E-state index in [-0.39, 0.29) is 5.41 Å². The van der Waals surface area contributed by atoms with Gasteiger partial charge in [0.25, 0.3) is 0 Å². The molecule has 4 N–H and O–H groups in total. The van der Waals surface area contributed by atoms with E-state index in [4.69, 9.17) is 15.6 Å². The summed E-state index contributed by atoms with van der Waals surface area (Å²) in [7, 11) is 0. The second kappa shape index (κ2) is 6.39. The van der Waals surface area contributed by atoms with Crippen LogP contribution in [0.4, 0.5) is 10.5 Å². The second-order valence-electron chi connectivity index (χ2n) is 6.38. The normalized spacial score (nSPS) is 14.9. The van der Waals surface area contributed by atoms with Crippen LogP contribution in [-0.4, -0.2) is 29.3 Å². The summed E-state index contributed by atoms with van der Waals surface area (Å²) in [6, 6.07) is 9.61. The molecule has 0 unspecified atom stereocenters. The number of ether oxygens (including phenoxy) is 1. The Hall–Kier alpha value is -2.76. The third-order valence-corrected chi connectivity index (χ3v) is 4.38. The fraction of sp³-hybridized carbons (Fsp3) is 0.333. The Morgan fingerprint density at radius 1 is 1.42 bits per heavy atom. The fourth-order valence-corrected chi connectivity index (χ4v) is 2.64. The third kappa shape index (κ3) is 3.76. The highest BCUT2D eigenvalue weighted by Crippen LogP contribution is 2.45. The van der Waals surface area contributed by atoms with Gasteiger partial charge in [-0.05, 0) is 43.5 Å². The van der Waals surface area contributed by atoms with Gasteiger partial charge in [-0.25, -0.2) is 4.79 Å². The zero-order valence-electron chi connectivity index (χ0n) is 13.6. The zero-order chi connectivity index (χ0) is 17.2. The van der Waals surface area contributed by atoms with Crippen LogP contribution in [0.25, 0.3) is 11.1 Å². The van der Waals surface area contributed by atoms with Gasteiger partial charge in [0.05, 0.1) is 12.8 Å². The van der Waals surface area contributed by atoms with Gasteiger partial charge >= 0.3 is 6.09 Å². The third-order valence-electron chi connectivity index (χ3n) is 4.38. The van der Waals surface area contributed by atoms with Gasteiger partial charge in [-0.3, -0.25) is 4.98 Å². The topological polar surface area (TPSA) is 97.5 Å². The predicted octanol–water partition coefficient (Wildman–Crippen LogP) is 3.07. The first-order valence-electron chi connectivity index (χ1n) is 7.90. The maximum absolute atomic E-state index is 10.6. The molecular weight excluding hydrogens is 306 g/mol. The first kappa shape index (κ1) is 16.1. The number of pyridine rings is 1.